The third kappa shape index (κ3) is 4.96. The number of hydrogen-bond donors (Lipinski definition) is 1. The zero-order valence-corrected chi connectivity index (χ0v) is 16.0. The molecule has 2 aromatic rings. The molecule has 5 nitrogen and oxygen atoms in total. The topological polar surface area (TPSA) is 66.5 Å². The van der Waals surface area contributed by atoms with Crippen molar-refractivity contribution in [1.29, 1.82) is 0 Å². The molecular formula is C18H21ClN2O3S. The molecule has 0 radical (unpaired) electrons. The van der Waals surface area contributed by atoms with Crippen LogP contribution >= 0.6 is 11.6 Å². The second-order valence-electron chi connectivity index (χ2n) is 5.84. The molecule has 0 saturated carbocycles. The number of benzene rings is 2. The fourth-order valence-corrected chi connectivity index (χ4v) is 3.88. The molecule has 0 spiro atoms. The van der Waals surface area contributed by atoms with Crippen molar-refractivity contribution in [3.8, 4) is 0 Å². The summed E-state index contributed by atoms with van der Waals surface area (Å²) in [7, 11) is -3.47. The highest BCUT2D eigenvalue weighted by molar-refractivity contribution is 7.92. The Hall–Kier alpha value is -2.05. The molecule has 25 heavy (non-hydrogen) atoms. The maximum Gasteiger partial charge on any atom is 0.251 e. The Balaban J connectivity index is 2.13. The Kier molecular flexibility index (Phi) is 6.08. The van der Waals surface area contributed by atoms with Crippen LogP contribution in [0.1, 0.15) is 21.5 Å². The first-order valence-corrected chi connectivity index (χ1v) is 10.0. The number of carbonyl (C=O) groups is 1. The van der Waals surface area contributed by atoms with Gasteiger partial charge in [-0.3, -0.25) is 9.10 Å². The highest BCUT2D eigenvalue weighted by Gasteiger charge is 2.21. The molecule has 0 bridgehead atoms. The van der Waals surface area contributed by atoms with Gasteiger partial charge in [0, 0.05) is 17.1 Å². The first kappa shape index (κ1) is 19.3. The van der Waals surface area contributed by atoms with Gasteiger partial charge in [0.2, 0.25) is 10.0 Å². The lowest BCUT2D eigenvalue weighted by molar-refractivity contribution is 0.0955. The van der Waals surface area contributed by atoms with Crippen LogP contribution < -0.4 is 9.62 Å². The number of nitrogens with one attached hydrogen (secondary N) is 1. The first-order chi connectivity index (χ1) is 11.7. The summed E-state index contributed by atoms with van der Waals surface area (Å²) in [5.74, 6) is -0.294. The van der Waals surface area contributed by atoms with Crippen LogP contribution in [0.3, 0.4) is 0 Å². The number of para-hydroxylation sites is 1. The molecule has 0 unspecified atom stereocenters. The van der Waals surface area contributed by atoms with Gasteiger partial charge in [0.15, 0.2) is 0 Å². The van der Waals surface area contributed by atoms with E-state index in [1.807, 2.05) is 32.0 Å². The van der Waals surface area contributed by atoms with E-state index in [2.05, 4.69) is 5.32 Å². The fraction of sp³-hybridized carbons (Fsp3) is 0.278. The van der Waals surface area contributed by atoms with Gasteiger partial charge >= 0.3 is 0 Å². The van der Waals surface area contributed by atoms with Crippen LogP contribution in [0.2, 0.25) is 5.02 Å². The van der Waals surface area contributed by atoms with Gasteiger partial charge in [0.05, 0.1) is 18.5 Å². The highest BCUT2D eigenvalue weighted by Crippen LogP contribution is 2.26. The van der Waals surface area contributed by atoms with Crippen LogP contribution in [-0.2, 0) is 10.0 Å². The number of aryl methyl sites for hydroxylation is 2. The number of anilines is 1. The minimum absolute atomic E-state index is 0.150. The average Bonchev–Trinajstić information content (AvgIpc) is 2.52. The quantitative estimate of drug-likeness (QED) is 0.837. The number of sulfonamides is 1. The number of halogens is 1. The zero-order chi connectivity index (χ0) is 18.6. The maximum absolute atomic E-state index is 12.2. The molecule has 0 aliphatic carbocycles. The number of hydrogen-bond acceptors (Lipinski definition) is 3. The van der Waals surface area contributed by atoms with Crippen molar-refractivity contribution in [3.63, 3.8) is 0 Å². The Morgan fingerprint density at radius 1 is 1.12 bits per heavy atom. The molecular weight excluding hydrogens is 360 g/mol. The molecule has 0 aliphatic rings. The zero-order valence-electron chi connectivity index (χ0n) is 14.4. The van der Waals surface area contributed by atoms with Gasteiger partial charge < -0.3 is 5.32 Å². The molecule has 2 rings (SSSR count). The number of rotatable bonds is 6. The van der Waals surface area contributed by atoms with Crippen molar-refractivity contribution in [3.05, 3.63) is 64.2 Å². The third-order valence-corrected chi connectivity index (χ3v) is 5.18. The van der Waals surface area contributed by atoms with E-state index >= 15 is 0 Å². The SMILES string of the molecule is Cc1cccc(C)c1N(CCNC(=O)c1cccc(Cl)c1)S(C)(=O)=O. The highest BCUT2D eigenvalue weighted by atomic mass is 35.5. The van der Waals surface area contributed by atoms with Crippen LogP contribution in [0.15, 0.2) is 42.5 Å². The minimum atomic E-state index is -3.47. The molecule has 0 fully saturated rings. The van der Waals surface area contributed by atoms with E-state index in [1.54, 1.807) is 24.3 Å². The van der Waals surface area contributed by atoms with E-state index in [4.69, 9.17) is 11.6 Å². The predicted octanol–water partition coefficient (Wildman–Crippen LogP) is 3.15. The van der Waals surface area contributed by atoms with E-state index in [1.165, 1.54) is 4.31 Å². The van der Waals surface area contributed by atoms with Crippen molar-refractivity contribution in [2.75, 3.05) is 23.7 Å². The van der Waals surface area contributed by atoms with E-state index in [-0.39, 0.29) is 19.0 Å². The van der Waals surface area contributed by atoms with Crippen molar-refractivity contribution in [2.24, 2.45) is 0 Å². The third-order valence-electron chi connectivity index (χ3n) is 3.78. The van der Waals surface area contributed by atoms with Crippen LogP contribution in [0.4, 0.5) is 5.69 Å². The molecule has 0 saturated heterocycles. The Morgan fingerprint density at radius 3 is 2.28 bits per heavy atom. The lowest BCUT2D eigenvalue weighted by Gasteiger charge is -2.26. The second kappa shape index (κ2) is 7.89. The lowest BCUT2D eigenvalue weighted by Crippen LogP contribution is -2.38. The van der Waals surface area contributed by atoms with Gasteiger partial charge in [-0.05, 0) is 43.2 Å². The average molecular weight is 381 g/mol. The summed E-state index contributed by atoms with van der Waals surface area (Å²) in [6.45, 7) is 4.07. The summed E-state index contributed by atoms with van der Waals surface area (Å²) in [6, 6.07) is 12.2. The molecule has 2 aromatic carbocycles. The molecule has 0 aliphatic heterocycles. The second-order valence-corrected chi connectivity index (χ2v) is 8.19. The lowest BCUT2D eigenvalue weighted by atomic mass is 10.1. The Labute approximate surface area is 153 Å². The number of carbonyl (C=O) groups excluding carboxylic acids is 1. The van der Waals surface area contributed by atoms with Gasteiger partial charge in [-0.2, -0.15) is 0 Å². The van der Waals surface area contributed by atoms with Crippen molar-refractivity contribution >= 4 is 33.2 Å². The van der Waals surface area contributed by atoms with Crippen LogP contribution in [0.5, 0.6) is 0 Å². The summed E-state index contributed by atoms with van der Waals surface area (Å²) < 4.78 is 25.8. The molecule has 0 aromatic heterocycles. The molecule has 0 heterocycles. The van der Waals surface area contributed by atoms with Crippen LogP contribution in [-0.4, -0.2) is 33.7 Å². The summed E-state index contributed by atoms with van der Waals surface area (Å²) in [6.07, 6.45) is 1.16. The van der Waals surface area contributed by atoms with Crippen LogP contribution in [0.25, 0.3) is 0 Å². The number of nitrogens with zero attached hydrogens (tertiary/aromatic N) is 1. The van der Waals surface area contributed by atoms with E-state index < -0.39 is 10.0 Å². The Bertz CT molecular complexity index is 861. The number of amides is 1. The van der Waals surface area contributed by atoms with E-state index in [0.717, 1.165) is 17.4 Å². The minimum Gasteiger partial charge on any atom is -0.350 e. The van der Waals surface area contributed by atoms with Crippen molar-refractivity contribution in [1.82, 2.24) is 5.32 Å². The standard InChI is InChI=1S/C18H21ClN2O3S/c1-13-6-4-7-14(2)17(13)21(25(3,23)24)11-10-20-18(22)15-8-5-9-16(19)12-15/h4-9,12H,10-11H2,1-3H3,(H,20,22). The molecule has 1 N–H and O–H groups in total. The van der Waals surface area contributed by atoms with Gasteiger partial charge in [0.1, 0.15) is 0 Å². The summed E-state index contributed by atoms with van der Waals surface area (Å²) in [4.78, 5) is 12.2. The summed E-state index contributed by atoms with van der Waals surface area (Å²) >= 11 is 5.88. The molecule has 7 heteroatoms. The fourth-order valence-electron chi connectivity index (χ4n) is 2.65. The van der Waals surface area contributed by atoms with Crippen molar-refractivity contribution < 1.29 is 13.2 Å². The normalized spacial score (nSPS) is 11.2. The smallest absolute Gasteiger partial charge is 0.251 e. The van der Waals surface area contributed by atoms with Crippen molar-refractivity contribution in [2.45, 2.75) is 13.8 Å². The van der Waals surface area contributed by atoms with Gasteiger partial charge in [-0.25, -0.2) is 8.42 Å². The van der Waals surface area contributed by atoms with Gasteiger partial charge in [-0.1, -0.05) is 35.9 Å². The Morgan fingerprint density at radius 2 is 1.72 bits per heavy atom. The monoisotopic (exact) mass is 380 g/mol. The first-order valence-electron chi connectivity index (χ1n) is 7.78. The predicted molar refractivity (Wildman–Crippen MR) is 102 cm³/mol. The van der Waals surface area contributed by atoms with Crippen LogP contribution in [0, 0.1) is 13.8 Å². The maximum atomic E-state index is 12.2. The van der Waals surface area contributed by atoms with Gasteiger partial charge in [-0.15, -0.1) is 0 Å². The molecule has 134 valence electrons. The molecule has 0 atom stereocenters. The van der Waals surface area contributed by atoms with Gasteiger partial charge in [0.25, 0.3) is 5.91 Å². The summed E-state index contributed by atoms with van der Waals surface area (Å²) in [5, 5.41) is 3.21. The largest absolute Gasteiger partial charge is 0.350 e. The summed E-state index contributed by atoms with van der Waals surface area (Å²) in [5.41, 5.74) is 2.82. The molecule has 1 amide bonds. The van der Waals surface area contributed by atoms with E-state index in [0.29, 0.717) is 16.3 Å². The van der Waals surface area contributed by atoms with E-state index in [9.17, 15) is 13.2 Å².